The fourth-order valence-electron chi connectivity index (χ4n) is 1.51. The van der Waals surface area contributed by atoms with E-state index in [0.29, 0.717) is 5.56 Å². The zero-order chi connectivity index (χ0) is 12.4. The normalized spacial score (nSPS) is 12.7. The summed E-state index contributed by atoms with van der Waals surface area (Å²) >= 11 is 8.08. The van der Waals surface area contributed by atoms with Gasteiger partial charge in [-0.2, -0.15) is 0 Å². The summed E-state index contributed by atoms with van der Waals surface area (Å²) in [5.74, 6) is -0.289. The predicted molar refractivity (Wildman–Crippen MR) is 74.8 cm³/mol. The second kappa shape index (κ2) is 5.61. The summed E-state index contributed by atoms with van der Waals surface area (Å²) in [5, 5.41) is 11.9. The van der Waals surface area contributed by atoms with Crippen molar-refractivity contribution >= 4 is 43.2 Å². The highest BCUT2D eigenvalue weighted by molar-refractivity contribution is 9.10. The van der Waals surface area contributed by atoms with E-state index in [4.69, 9.17) is 0 Å². The van der Waals surface area contributed by atoms with Crippen molar-refractivity contribution in [3.63, 3.8) is 0 Å². The molecule has 0 bridgehead atoms. The van der Waals surface area contributed by atoms with E-state index in [9.17, 15) is 9.50 Å². The molecule has 1 atom stereocenters. The summed E-state index contributed by atoms with van der Waals surface area (Å²) < 4.78 is 15.3. The summed E-state index contributed by atoms with van der Waals surface area (Å²) in [5.41, 5.74) is 0.511. The number of halogens is 3. The largest absolute Gasteiger partial charge is 0.387 e. The van der Waals surface area contributed by atoms with Crippen molar-refractivity contribution in [2.24, 2.45) is 0 Å². The van der Waals surface area contributed by atoms with E-state index in [1.807, 2.05) is 11.4 Å². The molecule has 0 radical (unpaired) electrons. The third-order valence-electron chi connectivity index (χ3n) is 2.34. The number of aliphatic hydroxyl groups is 1. The van der Waals surface area contributed by atoms with Gasteiger partial charge in [-0.3, -0.25) is 0 Å². The highest BCUT2D eigenvalue weighted by Crippen LogP contribution is 2.29. The van der Waals surface area contributed by atoms with Crippen molar-refractivity contribution in [3.8, 4) is 0 Å². The molecular weight excluding hydrogens is 371 g/mol. The Hall–Kier alpha value is -0.230. The van der Waals surface area contributed by atoms with Gasteiger partial charge in [-0.25, -0.2) is 4.39 Å². The van der Waals surface area contributed by atoms with Gasteiger partial charge in [0, 0.05) is 25.6 Å². The van der Waals surface area contributed by atoms with Gasteiger partial charge in [-0.15, -0.1) is 11.3 Å². The van der Waals surface area contributed by atoms with E-state index >= 15 is 0 Å². The number of hydrogen-bond donors (Lipinski definition) is 1. The molecule has 17 heavy (non-hydrogen) atoms. The van der Waals surface area contributed by atoms with Gasteiger partial charge in [0.05, 0.1) is 6.10 Å². The summed E-state index contributed by atoms with van der Waals surface area (Å²) in [7, 11) is 0. The van der Waals surface area contributed by atoms with Gasteiger partial charge in [-0.1, -0.05) is 15.9 Å². The third kappa shape index (κ3) is 3.37. The SMILES string of the molecule is OC(Cc1cc(Br)ccc1F)c1cc(Br)cs1. The smallest absolute Gasteiger partial charge is 0.126 e. The summed E-state index contributed by atoms with van der Waals surface area (Å²) in [6.07, 6.45) is -0.395. The third-order valence-corrected chi connectivity index (χ3v) is 4.63. The molecule has 2 rings (SSSR count). The molecule has 0 aliphatic carbocycles. The van der Waals surface area contributed by atoms with Crippen molar-refractivity contribution in [1.29, 1.82) is 0 Å². The molecule has 2 aromatic rings. The Balaban J connectivity index is 2.18. The Kier molecular flexibility index (Phi) is 4.36. The fourth-order valence-corrected chi connectivity index (χ4v) is 3.35. The van der Waals surface area contributed by atoms with Crippen LogP contribution in [0.5, 0.6) is 0 Å². The quantitative estimate of drug-likeness (QED) is 0.820. The molecule has 0 amide bonds. The molecule has 1 heterocycles. The van der Waals surface area contributed by atoms with Crippen LogP contribution in [0.4, 0.5) is 4.39 Å². The first-order valence-corrected chi connectivity index (χ1v) is 7.39. The minimum absolute atomic E-state index is 0.276. The second-order valence-electron chi connectivity index (χ2n) is 3.62. The maximum atomic E-state index is 13.5. The Morgan fingerprint density at radius 2 is 2.00 bits per heavy atom. The minimum Gasteiger partial charge on any atom is -0.387 e. The number of hydrogen-bond acceptors (Lipinski definition) is 2. The number of thiophene rings is 1. The molecule has 90 valence electrons. The Morgan fingerprint density at radius 1 is 1.24 bits per heavy atom. The van der Waals surface area contributed by atoms with E-state index in [0.717, 1.165) is 13.8 Å². The molecule has 0 saturated carbocycles. The first kappa shape index (κ1) is 13.2. The number of aliphatic hydroxyl groups excluding tert-OH is 1. The van der Waals surface area contributed by atoms with Crippen LogP contribution in [0.15, 0.2) is 38.6 Å². The van der Waals surface area contributed by atoms with Crippen LogP contribution in [0.2, 0.25) is 0 Å². The van der Waals surface area contributed by atoms with Crippen LogP contribution >= 0.6 is 43.2 Å². The van der Waals surface area contributed by atoms with E-state index < -0.39 is 6.10 Å². The van der Waals surface area contributed by atoms with Crippen LogP contribution in [0.3, 0.4) is 0 Å². The van der Waals surface area contributed by atoms with E-state index in [2.05, 4.69) is 31.9 Å². The van der Waals surface area contributed by atoms with Crippen molar-refractivity contribution < 1.29 is 9.50 Å². The Morgan fingerprint density at radius 3 is 2.65 bits per heavy atom. The predicted octanol–water partition coefficient (Wildman–Crippen LogP) is 4.69. The standard InChI is InChI=1S/C12H9Br2FOS/c13-8-1-2-10(15)7(3-8)4-11(16)12-5-9(14)6-17-12/h1-3,5-6,11,16H,4H2. The van der Waals surface area contributed by atoms with E-state index in [-0.39, 0.29) is 12.2 Å². The first-order chi connectivity index (χ1) is 8.06. The zero-order valence-corrected chi connectivity index (χ0v) is 12.6. The van der Waals surface area contributed by atoms with Crippen molar-refractivity contribution in [2.75, 3.05) is 0 Å². The van der Waals surface area contributed by atoms with E-state index in [1.54, 1.807) is 12.1 Å². The summed E-state index contributed by atoms with van der Waals surface area (Å²) in [6.45, 7) is 0. The molecule has 0 aliphatic heterocycles. The number of benzene rings is 1. The molecule has 0 spiro atoms. The van der Waals surface area contributed by atoms with Gasteiger partial charge in [0.25, 0.3) is 0 Å². The van der Waals surface area contributed by atoms with Crippen molar-refractivity contribution in [2.45, 2.75) is 12.5 Å². The number of rotatable bonds is 3. The van der Waals surface area contributed by atoms with Crippen LogP contribution in [0.1, 0.15) is 16.5 Å². The maximum absolute atomic E-state index is 13.5. The average molecular weight is 380 g/mol. The fraction of sp³-hybridized carbons (Fsp3) is 0.167. The van der Waals surface area contributed by atoms with Crippen LogP contribution in [0.25, 0.3) is 0 Å². The lowest BCUT2D eigenvalue weighted by Crippen LogP contribution is -2.01. The lowest BCUT2D eigenvalue weighted by molar-refractivity contribution is 0.181. The first-order valence-electron chi connectivity index (χ1n) is 4.92. The lowest BCUT2D eigenvalue weighted by Gasteiger charge is -2.09. The van der Waals surface area contributed by atoms with Crippen molar-refractivity contribution in [1.82, 2.24) is 0 Å². The molecule has 0 aliphatic rings. The zero-order valence-electron chi connectivity index (χ0n) is 8.66. The van der Waals surface area contributed by atoms with Gasteiger partial charge in [0.2, 0.25) is 0 Å². The van der Waals surface area contributed by atoms with Crippen LogP contribution in [-0.2, 0) is 6.42 Å². The molecule has 0 fully saturated rings. The highest BCUT2D eigenvalue weighted by atomic mass is 79.9. The van der Waals surface area contributed by atoms with Gasteiger partial charge in [-0.05, 0) is 45.8 Å². The minimum atomic E-state index is -0.671. The highest BCUT2D eigenvalue weighted by Gasteiger charge is 2.13. The van der Waals surface area contributed by atoms with Gasteiger partial charge in [0.1, 0.15) is 5.82 Å². The maximum Gasteiger partial charge on any atom is 0.126 e. The van der Waals surface area contributed by atoms with Gasteiger partial charge < -0.3 is 5.11 Å². The molecule has 1 aromatic heterocycles. The Labute approximate surface area is 120 Å². The summed E-state index contributed by atoms with van der Waals surface area (Å²) in [4.78, 5) is 0.830. The lowest BCUT2D eigenvalue weighted by atomic mass is 10.1. The molecular formula is C12H9Br2FOS. The monoisotopic (exact) mass is 378 g/mol. The van der Waals surface area contributed by atoms with Crippen LogP contribution < -0.4 is 0 Å². The summed E-state index contributed by atoms with van der Waals surface area (Å²) in [6, 6.07) is 6.59. The second-order valence-corrected chi connectivity index (χ2v) is 6.40. The van der Waals surface area contributed by atoms with Crippen LogP contribution in [0, 0.1) is 5.82 Å². The molecule has 5 heteroatoms. The van der Waals surface area contributed by atoms with Crippen molar-refractivity contribution in [3.05, 3.63) is 54.8 Å². The van der Waals surface area contributed by atoms with E-state index in [1.165, 1.54) is 17.4 Å². The molecule has 1 unspecified atom stereocenters. The molecule has 1 nitrogen and oxygen atoms in total. The van der Waals surface area contributed by atoms with Gasteiger partial charge in [0.15, 0.2) is 0 Å². The molecule has 1 N–H and O–H groups in total. The van der Waals surface area contributed by atoms with Crippen LogP contribution in [-0.4, -0.2) is 5.11 Å². The van der Waals surface area contributed by atoms with Gasteiger partial charge >= 0.3 is 0 Å². The molecule has 0 saturated heterocycles. The molecule has 1 aromatic carbocycles. The average Bonchev–Trinajstić information content (AvgIpc) is 2.70. The Bertz CT molecular complexity index is 527. The topological polar surface area (TPSA) is 20.2 Å².